The standard InChI is InChI=1S/C12H19F2N3O/c1-4-15-11-8(13)5-9(14)12(17-11)16-6-10(18)7(2)3/h5,7,10,18H,4,6H2,1-3H3,(H2,15,16,17). The molecule has 0 saturated heterocycles. The zero-order chi connectivity index (χ0) is 13.7. The molecule has 1 aromatic rings. The summed E-state index contributed by atoms with van der Waals surface area (Å²) in [5.41, 5.74) is 0. The van der Waals surface area contributed by atoms with E-state index in [1.807, 2.05) is 13.8 Å². The van der Waals surface area contributed by atoms with Gasteiger partial charge in [0.2, 0.25) is 0 Å². The fourth-order valence-corrected chi connectivity index (χ4v) is 1.32. The molecule has 3 N–H and O–H groups in total. The molecule has 0 aliphatic rings. The molecule has 18 heavy (non-hydrogen) atoms. The van der Waals surface area contributed by atoms with Crippen molar-refractivity contribution in [2.45, 2.75) is 26.9 Å². The lowest BCUT2D eigenvalue weighted by molar-refractivity contribution is 0.137. The van der Waals surface area contributed by atoms with Gasteiger partial charge in [0.25, 0.3) is 0 Å². The van der Waals surface area contributed by atoms with Crippen LogP contribution in [0.1, 0.15) is 20.8 Å². The smallest absolute Gasteiger partial charge is 0.168 e. The average molecular weight is 259 g/mol. The van der Waals surface area contributed by atoms with Crippen LogP contribution < -0.4 is 10.6 Å². The topological polar surface area (TPSA) is 57.2 Å². The quantitative estimate of drug-likeness (QED) is 0.733. The van der Waals surface area contributed by atoms with Crippen LogP contribution in [0.25, 0.3) is 0 Å². The zero-order valence-electron chi connectivity index (χ0n) is 10.8. The third-order valence-electron chi connectivity index (χ3n) is 2.52. The van der Waals surface area contributed by atoms with Gasteiger partial charge in [0.05, 0.1) is 6.10 Å². The molecule has 0 amide bonds. The summed E-state index contributed by atoms with van der Waals surface area (Å²) in [7, 11) is 0. The summed E-state index contributed by atoms with van der Waals surface area (Å²) < 4.78 is 26.8. The lowest BCUT2D eigenvalue weighted by Gasteiger charge is -2.16. The van der Waals surface area contributed by atoms with Gasteiger partial charge in [-0.2, -0.15) is 0 Å². The molecule has 0 radical (unpaired) electrons. The minimum Gasteiger partial charge on any atom is -0.391 e. The number of anilines is 2. The Hall–Kier alpha value is -1.43. The van der Waals surface area contributed by atoms with Crippen molar-refractivity contribution in [1.29, 1.82) is 0 Å². The number of aliphatic hydroxyl groups is 1. The molecule has 0 aromatic carbocycles. The summed E-state index contributed by atoms with van der Waals surface area (Å²) in [6.45, 7) is 6.15. The normalized spacial score (nSPS) is 12.6. The van der Waals surface area contributed by atoms with Gasteiger partial charge < -0.3 is 15.7 Å². The molecule has 1 atom stereocenters. The molecule has 1 unspecified atom stereocenters. The highest BCUT2D eigenvalue weighted by Crippen LogP contribution is 2.19. The fourth-order valence-electron chi connectivity index (χ4n) is 1.32. The van der Waals surface area contributed by atoms with Crippen molar-refractivity contribution in [3.05, 3.63) is 17.7 Å². The molecular weight excluding hydrogens is 240 g/mol. The predicted octanol–water partition coefficient (Wildman–Crippen LogP) is 2.22. The number of pyridine rings is 1. The third-order valence-corrected chi connectivity index (χ3v) is 2.52. The number of nitrogens with one attached hydrogen (secondary N) is 2. The lowest BCUT2D eigenvalue weighted by atomic mass is 10.1. The van der Waals surface area contributed by atoms with Crippen molar-refractivity contribution in [3.63, 3.8) is 0 Å². The Labute approximate surface area is 105 Å². The Morgan fingerprint density at radius 1 is 1.22 bits per heavy atom. The van der Waals surface area contributed by atoms with Gasteiger partial charge in [0.1, 0.15) is 0 Å². The number of nitrogens with zero attached hydrogens (tertiary/aromatic N) is 1. The number of halogens is 2. The van der Waals surface area contributed by atoms with Crippen LogP contribution in [-0.4, -0.2) is 29.3 Å². The summed E-state index contributed by atoms with van der Waals surface area (Å²) in [5.74, 6) is -1.52. The van der Waals surface area contributed by atoms with E-state index in [2.05, 4.69) is 15.6 Å². The maximum absolute atomic E-state index is 13.4. The van der Waals surface area contributed by atoms with Crippen LogP contribution in [0.2, 0.25) is 0 Å². The van der Waals surface area contributed by atoms with Crippen molar-refractivity contribution in [3.8, 4) is 0 Å². The van der Waals surface area contributed by atoms with Gasteiger partial charge in [0, 0.05) is 19.2 Å². The summed E-state index contributed by atoms with van der Waals surface area (Å²) in [4.78, 5) is 3.81. The highest BCUT2D eigenvalue weighted by atomic mass is 19.1. The number of aliphatic hydroxyl groups excluding tert-OH is 1. The van der Waals surface area contributed by atoms with Gasteiger partial charge in [-0.25, -0.2) is 13.8 Å². The van der Waals surface area contributed by atoms with Crippen molar-refractivity contribution >= 4 is 11.6 Å². The van der Waals surface area contributed by atoms with Crippen molar-refractivity contribution in [2.75, 3.05) is 23.7 Å². The van der Waals surface area contributed by atoms with E-state index in [1.54, 1.807) is 6.92 Å². The van der Waals surface area contributed by atoms with Crippen molar-refractivity contribution in [2.24, 2.45) is 5.92 Å². The molecule has 0 bridgehead atoms. The maximum Gasteiger partial charge on any atom is 0.168 e. The molecule has 1 rings (SSSR count). The highest BCUT2D eigenvalue weighted by molar-refractivity contribution is 5.47. The molecule has 0 fully saturated rings. The number of hydrogen-bond acceptors (Lipinski definition) is 4. The fraction of sp³-hybridized carbons (Fsp3) is 0.583. The largest absolute Gasteiger partial charge is 0.391 e. The molecule has 1 heterocycles. The highest BCUT2D eigenvalue weighted by Gasteiger charge is 2.14. The second-order valence-electron chi connectivity index (χ2n) is 4.37. The minimum absolute atomic E-state index is 0.000404. The van der Waals surface area contributed by atoms with E-state index in [1.165, 1.54) is 0 Å². The molecule has 0 spiro atoms. The zero-order valence-corrected chi connectivity index (χ0v) is 10.8. The van der Waals surface area contributed by atoms with E-state index >= 15 is 0 Å². The molecule has 4 nitrogen and oxygen atoms in total. The average Bonchev–Trinajstić information content (AvgIpc) is 2.30. The molecule has 1 aromatic heterocycles. The van der Waals surface area contributed by atoms with Crippen LogP contribution in [0.5, 0.6) is 0 Å². The van der Waals surface area contributed by atoms with Crippen LogP contribution in [0.15, 0.2) is 6.07 Å². The van der Waals surface area contributed by atoms with Crippen LogP contribution in [0, 0.1) is 17.6 Å². The van der Waals surface area contributed by atoms with E-state index < -0.39 is 17.7 Å². The number of aromatic nitrogens is 1. The summed E-state index contributed by atoms with van der Waals surface area (Å²) >= 11 is 0. The van der Waals surface area contributed by atoms with Crippen LogP contribution in [0.3, 0.4) is 0 Å². The molecule has 0 saturated carbocycles. The van der Waals surface area contributed by atoms with Crippen LogP contribution >= 0.6 is 0 Å². The first-order valence-electron chi connectivity index (χ1n) is 5.97. The van der Waals surface area contributed by atoms with E-state index in [9.17, 15) is 13.9 Å². The second kappa shape index (κ2) is 6.49. The van der Waals surface area contributed by atoms with E-state index in [0.717, 1.165) is 6.07 Å². The minimum atomic E-state index is -0.773. The van der Waals surface area contributed by atoms with Gasteiger partial charge in [-0.05, 0) is 12.8 Å². The molecule has 0 aliphatic carbocycles. The van der Waals surface area contributed by atoms with Gasteiger partial charge in [-0.15, -0.1) is 0 Å². The van der Waals surface area contributed by atoms with Crippen LogP contribution in [-0.2, 0) is 0 Å². The van der Waals surface area contributed by atoms with E-state index in [0.29, 0.717) is 6.54 Å². The molecule has 0 aliphatic heterocycles. The van der Waals surface area contributed by atoms with E-state index in [-0.39, 0.29) is 24.1 Å². The van der Waals surface area contributed by atoms with Gasteiger partial charge in [-0.3, -0.25) is 0 Å². The van der Waals surface area contributed by atoms with Gasteiger partial charge in [-0.1, -0.05) is 13.8 Å². The third kappa shape index (κ3) is 3.80. The van der Waals surface area contributed by atoms with Crippen molar-refractivity contribution < 1.29 is 13.9 Å². The SMILES string of the molecule is CCNc1nc(NCC(O)C(C)C)c(F)cc1F. The number of hydrogen-bond donors (Lipinski definition) is 3. The Morgan fingerprint density at radius 3 is 2.28 bits per heavy atom. The second-order valence-corrected chi connectivity index (χ2v) is 4.37. The van der Waals surface area contributed by atoms with Gasteiger partial charge in [0.15, 0.2) is 23.3 Å². The maximum atomic E-state index is 13.4. The van der Waals surface area contributed by atoms with E-state index in [4.69, 9.17) is 0 Å². The first-order valence-corrected chi connectivity index (χ1v) is 5.97. The monoisotopic (exact) mass is 259 g/mol. The predicted molar refractivity (Wildman–Crippen MR) is 67.7 cm³/mol. The molecule has 6 heteroatoms. The lowest BCUT2D eigenvalue weighted by Crippen LogP contribution is -2.25. The Bertz CT molecular complexity index is 399. The van der Waals surface area contributed by atoms with Crippen molar-refractivity contribution in [1.82, 2.24) is 4.98 Å². The summed E-state index contributed by atoms with van der Waals surface area (Å²) in [5, 5.41) is 15.0. The molecule has 102 valence electrons. The molecular formula is C12H19F2N3O. The summed E-state index contributed by atoms with van der Waals surface area (Å²) in [6, 6.07) is 0.773. The van der Waals surface area contributed by atoms with Crippen LogP contribution in [0.4, 0.5) is 20.4 Å². The first-order chi connectivity index (χ1) is 8.45. The number of rotatable bonds is 6. The Kier molecular flexibility index (Phi) is 5.27. The Balaban J connectivity index is 2.78. The first kappa shape index (κ1) is 14.6. The summed E-state index contributed by atoms with van der Waals surface area (Å²) in [6.07, 6.45) is -0.612. The van der Waals surface area contributed by atoms with Gasteiger partial charge >= 0.3 is 0 Å². The Morgan fingerprint density at radius 2 is 1.78 bits per heavy atom.